The number of anilines is 2. The van der Waals surface area contributed by atoms with E-state index < -0.39 is 0 Å². The predicted molar refractivity (Wildman–Crippen MR) is 113 cm³/mol. The molecular weight excluding hydrogens is 350 g/mol. The van der Waals surface area contributed by atoms with Gasteiger partial charge < -0.3 is 15.4 Å². The van der Waals surface area contributed by atoms with Crippen molar-refractivity contribution >= 4 is 17.3 Å². The van der Waals surface area contributed by atoms with Crippen LogP contribution in [0.1, 0.15) is 28.5 Å². The number of carbonyl (C=O) groups is 1. The SMILES string of the molecule is CCc1ccccc1NC(=O)c1cc(NCCc2ccc(OC)cc2)ccn1. The summed E-state index contributed by atoms with van der Waals surface area (Å²) in [5.74, 6) is 0.644. The highest BCUT2D eigenvalue weighted by Crippen LogP contribution is 2.17. The number of carbonyl (C=O) groups excluding carboxylic acids is 1. The molecule has 28 heavy (non-hydrogen) atoms. The number of rotatable bonds is 8. The second-order valence-corrected chi connectivity index (χ2v) is 6.42. The lowest BCUT2D eigenvalue weighted by Crippen LogP contribution is -2.15. The average Bonchev–Trinajstić information content (AvgIpc) is 2.75. The van der Waals surface area contributed by atoms with Crippen LogP contribution in [-0.4, -0.2) is 24.5 Å². The van der Waals surface area contributed by atoms with E-state index in [1.54, 1.807) is 19.4 Å². The molecule has 0 saturated heterocycles. The van der Waals surface area contributed by atoms with Crippen molar-refractivity contribution in [1.82, 2.24) is 4.98 Å². The molecule has 5 nitrogen and oxygen atoms in total. The molecule has 0 bridgehead atoms. The van der Waals surface area contributed by atoms with Gasteiger partial charge in [0.15, 0.2) is 0 Å². The summed E-state index contributed by atoms with van der Waals surface area (Å²) in [4.78, 5) is 16.8. The topological polar surface area (TPSA) is 63.2 Å². The molecule has 1 amide bonds. The van der Waals surface area contributed by atoms with Crippen molar-refractivity contribution in [3.63, 3.8) is 0 Å². The highest BCUT2D eigenvalue weighted by molar-refractivity contribution is 6.03. The first-order valence-corrected chi connectivity index (χ1v) is 9.41. The number of ether oxygens (including phenoxy) is 1. The molecule has 3 rings (SSSR count). The summed E-state index contributed by atoms with van der Waals surface area (Å²) >= 11 is 0. The Bertz CT molecular complexity index is 923. The molecule has 3 aromatic rings. The maximum Gasteiger partial charge on any atom is 0.274 e. The Labute approximate surface area is 165 Å². The average molecular weight is 375 g/mol. The van der Waals surface area contributed by atoms with Crippen LogP contribution in [0.3, 0.4) is 0 Å². The Morgan fingerprint density at radius 1 is 1.07 bits per heavy atom. The lowest BCUT2D eigenvalue weighted by molar-refractivity contribution is 0.102. The number of pyridine rings is 1. The van der Waals surface area contributed by atoms with Crippen LogP contribution in [0.4, 0.5) is 11.4 Å². The number of hydrogen-bond donors (Lipinski definition) is 2. The van der Waals surface area contributed by atoms with Gasteiger partial charge in [-0.3, -0.25) is 9.78 Å². The van der Waals surface area contributed by atoms with Crippen molar-refractivity contribution < 1.29 is 9.53 Å². The Kier molecular flexibility index (Phi) is 6.63. The van der Waals surface area contributed by atoms with Crippen molar-refractivity contribution in [3.05, 3.63) is 83.7 Å². The molecule has 0 aliphatic carbocycles. The fourth-order valence-corrected chi connectivity index (χ4v) is 2.94. The van der Waals surface area contributed by atoms with Crippen molar-refractivity contribution in [3.8, 4) is 5.75 Å². The van der Waals surface area contributed by atoms with E-state index in [0.717, 1.165) is 42.1 Å². The first-order chi connectivity index (χ1) is 13.7. The zero-order chi connectivity index (χ0) is 19.8. The Hall–Kier alpha value is -3.34. The van der Waals surface area contributed by atoms with E-state index in [1.165, 1.54) is 5.56 Å². The number of amides is 1. The largest absolute Gasteiger partial charge is 0.497 e. The summed E-state index contributed by atoms with van der Waals surface area (Å²) in [5, 5.41) is 6.31. The maximum atomic E-state index is 12.6. The van der Waals surface area contributed by atoms with Crippen molar-refractivity contribution in [1.29, 1.82) is 0 Å². The van der Waals surface area contributed by atoms with Crippen LogP contribution in [0.5, 0.6) is 5.75 Å². The highest BCUT2D eigenvalue weighted by Gasteiger charge is 2.10. The molecular formula is C23H25N3O2. The second-order valence-electron chi connectivity index (χ2n) is 6.42. The van der Waals surface area contributed by atoms with Crippen LogP contribution in [0, 0.1) is 0 Å². The Morgan fingerprint density at radius 2 is 1.86 bits per heavy atom. The molecule has 1 heterocycles. The standard InChI is InChI=1S/C23H25N3O2/c1-3-18-6-4-5-7-21(18)26-23(27)22-16-19(13-15-25-22)24-14-12-17-8-10-20(28-2)11-9-17/h4-11,13,15-16H,3,12,14H2,1-2H3,(H,24,25)(H,26,27). The summed E-state index contributed by atoms with van der Waals surface area (Å²) in [6.45, 7) is 2.83. The number of hydrogen-bond acceptors (Lipinski definition) is 4. The second kappa shape index (κ2) is 9.55. The molecule has 0 radical (unpaired) electrons. The Balaban J connectivity index is 1.59. The molecule has 0 saturated carbocycles. The minimum Gasteiger partial charge on any atom is -0.497 e. The van der Waals surface area contributed by atoms with Crippen molar-refractivity contribution in [2.45, 2.75) is 19.8 Å². The monoisotopic (exact) mass is 375 g/mol. The van der Waals surface area contributed by atoms with Gasteiger partial charge in [0.05, 0.1) is 7.11 Å². The first kappa shape index (κ1) is 19.4. The van der Waals surface area contributed by atoms with Gasteiger partial charge in [0.25, 0.3) is 5.91 Å². The third-order valence-corrected chi connectivity index (χ3v) is 4.54. The number of aryl methyl sites for hydroxylation is 1. The lowest BCUT2D eigenvalue weighted by atomic mass is 10.1. The van der Waals surface area contributed by atoms with Crippen molar-refractivity contribution in [2.24, 2.45) is 0 Å². The number of aromatic nitrogens is 1. The summed E-state index contributed by atoms with van der Waals surface area (Å²) < 4.78 is 5.18. The summed E-state index contributed by atoms with van der Waals surface area (Å²) in [6.07, 6.45) is 3.38. The Morgan fingerprint density at radius 3 is 2.61 bits per heavy atom. The zero-order valence-electron chi connectivity index (χ0n) is 16.2. The normalized spacial score (nSPS) is 10.4. The molecule has 0 spiro atoms. The van der Waals surface area contributed by atoms with Crippen LogP contribution < -0.4 is 15.4 Å². The van der Waals surface area contributed by atoms with E-state index in [0.29, 0.717) is 5.69 Å². The number of para-hydroxylation sites is 1. The minimum atomic E-state index is -0.209. The summed E-state index contributed by atoms with van der Waals surface area (Å²) in [5.41, 5.74) is 4.41. The summed E-state index contributed by atoms with van der Waals surface area (Å²) in [7, 11) is 1.66. The highest BCUT2D eigenvalue weighted by atomic mass is 16.5. The van der Waals surface area contributed by atoms with Crippen LogP contribution in [0.25, 0.3) is 0 Å². The third-order valence-electron chi connectivity index (χ3n) is 4.54. The van der Waals surface area contributed by atoms with Gasteiger partial charge in [0, 0.05) is 24.1 Å². The number of methoxy groups -OCH3 is 1. The fourth-order valence-electron chi connectivity index (χ4n) is 2.94. The number of nitrogens with one attached hydrogen (secondary N) is 2. The van der Waals surface area contributed by atoms with Crippen LogP contribution in [-0.2, 0) is 12.8 Å². The molecule has 0 fully saturated rings. The third kappa shape index (κ3) is 5.10. The van der Waals surface area contributed by atoms with Gasteiger partial charge in [-0.1, -0.05) is 37.3 Å². The van der Waals surface area contributed by atoms with Gasteiger partial charge in [-0.2, -0.15) is 0 Å². The van der Waals surface area contributed by atoms with E-state index in [1.807, 2.05) is 42.5 Å². The van der Waals surface area contributed by atoms with Gasteiger partial charge in [0.2, 0.25) is 0 Å². The van der Waals surface area contributed by atoms with E-state index >= 15 is 0 Å². The quantitative estimate of drug-likeness (QED) is 0.606. The van der Waals surface area contributed by atoms with Gasteiger partial charge in [-0.15, -0.1) is 0 Å². The minimum absolute atomic E-state index is 0.209. The van der Waals surface area contributed by atoms with Gasteiger partial charge in [-0.05, 0) is 54.3 Å². The smallest absolute Gasteiger partial charge is 0.274 e. The molecule has 0 aliphatic rings. The van der Waals surface area contributed by atoms with Gasteiger partial charge in [0.1, 0.15) is 11.4 Å². The zero-order valence-corrected chi connectivity index (χ0v) is 16.2. The van der Waals surface area contributed by atoms with E-state index in [9.17, 15) is 4.79 Å². The van der Waals surface area contributed by atoms with Crippen LogP contribution in [0.2, 0.25) is 0 Å². The molecule has 1 aromatic heterocycles. The van der Waals surface area contributed by atoms with Gasteiger partial charge >= 0.3 is 0 Å². The van der Waals surface area contributed by atoms with Crippen LogP contribution in [0.15, 0.2) is 66.9 Å². The van der Waals surface area contributed by atoms with Crippen LogP contribution >= 0.6 is 0 Å². The fraction of sp³-hybridized carbons (Fsp3) is 0.217. The maximum absolute atomic E-state index is 12.6. The molecule has 2 aromatic carbocycles. The summed E-state index contributed by atoms with van der Waals surface area (Å²) in [6, 6.07) is 19.5. The molecule has 0 atom stereocenters. The van der Waals surface area contributed by atoms with E-state index in [2.05, 4.69) is 34.7 Å². The molecule has 144 valence electrons. The predicted octanol–water partition coefficient (Wildman–Crippen LogP) is 4.56. The molecule has 2 N–H and O–H groups in total. The van der Waals surface area contributed by atoms with Gasteiger partial charge in [-0.25, -0.2) is 0 Å². The lowest BCUT2D eigenvalue weighted by Gasteiger charge is -2.11. The van der Waals surface area contributed by atoms with E-state index in [-0.39, 0.29) is 5.91 Å². The first-order valence-electron chi connectivity index (χ1n) is 9.41. The molecule has 0 unspecified atom stereocenters. The van der Waals surface area contributed by atoms with Crippen molar-refractivity contribution in [2.75, 3.05) is 24.3 Å². The number of benzene rings is 2. The molecule has 0 aliphatic heterocycles. The number of nitrogens with zero attached hydrogens (tertiary/aromatic N) is 1. The van der Waals surface area contributed by atoms with E-state index in [4.69, 9.17) is 4.74 Å². The molecule has 5 heteroatoms.